The maximum Gasteiger partial charge on any atom is 0.247 e. The first-order chi connectivity index (χ1) is 12.3. The van der Waals surface area contributed by atoms with Crippen LogP contribution in [0.5, 0.6) is 5.88 Å². The van der Waals surface area contributed by atoms with Crippen LogP contribution in [0, 0.1) is 0 Å². The van der Waals surface area contributed by atoms with E-state index < -0.39 is 6.23 Å². The summed E-state index contributed by atoms with van der Waals surface area (Å²) in [5.74, 6) is 1.32. The number of nitrogens with zero attached hydrogens (tertiary/aromatic N) is 3. The Morgan fingerprint density at radius 3 is 2.76 bits per heavy atom. The van der Waals surface area contributed by atoms with E-state index in [1.54, 1.807) is 0 Å². The van der Waals surface area contributed by atoms with Crippen molar-refractivity contribution < 1.29 is 4.74 Å². The van der Waals surface area contributed by atoms with Crippen LogP contribution in [-0.2, 0) is 0 Å². The first-order valence-electron chi connectivity index (χ1n) is 7.91. The number of ether oxygens (including phenoxy) is 1. The van der Waals surface area contributed by atoms with Crippen molar-refractivity contribution in [2.24, 2.45) is 0 Å². The first-order valence-corrected chi connectivity index (χ1v) is 9.27. The minimum Gasteiger partial charge on any atom is -0.448 e. The molecule has 0 saturated carbocycles. The molecule has 0 saturated heterocycles. The van der Waals surface area contributed by atoms with Gasteiger partial charge in [0.2, 0.25) is 11.0 Å². The van der Waals surface area contributed by atoms with Gasteiger partial charge >= 0.3 is 0 Å². The van der Waals surface area contributed by atoms with Crippen molar-refractivity contribution in [1.82, 2.24) is 15.2 Å². The van der Waals surface area contributed by atoms with Gasteiger partial charge in [0, 0.05) is 21.8 Å². The molecule has 1 aliphatic rings. The zero-order valence-corrected chi connectivity index (χ0v) is 15.0. The maximum atomic E-state index is 6.37. The van der Waals surface area contributed by atoms with Gasteiger partial charge in [-0.05, 0) is 17.9 Å². The quantitative estimate of drug-likeness (QED) is 0.668. The number of thioether (sulfide) groups is 1. The largest absolute Gasteiger partial charge is 0.448 e. The number of rotatable bonds is 3. The third-order valence-corrected chi connectivity index (χ3v) is 4.86. The number of nitrogens with one attached hydrogen (secondary N) is 1. The van der Waals surface area contributed by atoms with Gasteiger partial charge in [-0.25, -0.2) is 0 Å². The van der Waals surface area contributed by atoms with Crippen molar-refractivity contribution in [3.63, 3.8) is 0 Å². The van der Waals surface area contributed by atoms with Crippen LogP contribution in [0.25, 0.3) is 11.3 Å². The Morgan fingerprint density at radius 2 is 1.92 bits per heavy atom. The highest BCUT2D eigenvalue weighted by Crippen LogP contribution is 2.40. The predicted molar refractivity (Wildman–Crippen MR) is 100 cm³/mol. The number of hydrogen-bond acceptors (Lipinski definition) is 6. The smallest absolute Gasteiger partial charge is 0.247 e. The lowest BCUT2D eigenvalue weighted by molar-refractivity contribution is 0.225. The van der Waals surface area contributed by atoms with Crippen LogP contribution in [0.1, 0.15) is 18.7 Å². The predicted octanol–water partition coefficient (Wildman–Crippen LogP) is 4.81. The van der Waals surface area contributed by atoms with E-state index in [9.17, 15) is 0 Å². The molecule has 2 aromatic carbocycles. The lowest BCUT2D eigenvalue weighted by atomic mass is 10.1. The molecule has 5 nitrogen and oxygen atoms in total. The molecule has 0 aliphatic carbocycles. The SMILES string of the molecule is CCSc1nnc2c(n1)O[C@H](c1ccccc1Cl)Nc1ccccc1-2. The van der Waals surface area contributed by atoms with Crippen molar-refractivity contribution in [3.8, 4) is 17.1 Å². The third kappa shape index (κ3) is 3.15. The fourth-order valence-electron chi connectivity index (χ4n) is 2.67. The molecule has 2 heterocycles. The summed E-state index contributed by atoms with van der Waals surface area (Å²) in [5.41, 5.74) is 3.27. The van der Waals surface area contributed by atoms with E-state index in [0.29, 0.717) is 21.8 Å². The van der Waals surface area contributed by atoms with E-state index in [1.807, 2.05) is 55.5 Å². The topological polar surface area (TPSA) is 59.9 Å². The van der Waals surface area contributed by atoms with Crippen LogP contribution in [0.15, 0.2) is 53.7 Å². The Kier molecular flexibility index (Phi) is 4.46. The normalized spacial score (nSPS) is 15.4. The Hall–Kier alpha value is -2.31. The summed E-state index contributed by atoms with van der Waals surface area (Å²) in [6.45, 7) is 2.05. The summed E-state index contributed by atoms with van der Waals surface area (Å²) in [6, 6.07) is 15.5. The first kappa shape index (κ1) is 16.2. The highest BCUT2D eigenvalue weighted by Gasteiger charge is 2.26. The molecular weight excluding hydrogens is 356 g/mol. The number of hydrogen-bond donors (Lipinski definition) is 1. The van der Waals surface area contributed by atoms with Crippen molar-refractivity contribution in [2.45, 2.75) is 18.3 Å². The average Bonchev–Trinajstić information content (AvgIpc) is 2.79. The number of benzene rings is 2. The molecule has 1 atom stereocenters. The summed E-state index contributed by atoms with van der Waals surface area (Å²) in [7, 11) is 0. The molecule has 1 aromatic heterocycles. The highest BCUT2D eigenvalue weighted by atomic mass is 35.5. The van der Waals surface area contributed by atoms with E-state index in [1.165, 1.54) is 11.8 Å². The summed E-state index contributed by atoms with van der Waals surface area (Å²) >= 11 is 7.90. The standard InChI is InChI=1S/C18H15ClN4OS/c1-2-25-18-21-17-15(22-23-18)12-8-4-6-10-14(12)20-16(24-17)11-7-3-5-9-13(11)19/h3-10,16,20H,2H2,1H3/t16-/m1/s1. The Balaban J connectivity index is 1.85. The van der Waals surface area contributed by atoms with Gasteiger partial charge < -0.3 is 10.1 Å². The van der Waals surface area contributed by atoms with Gasteiger partial charge in [0.05, 0.1) is 0 Å². The Labute approximate surface area is 154 Å². The van der Waals surface area contributed by atoms with Gasteiger partial charge in [0.15, 0.2) is 11.9 Å². The minimum atomic E-state index is -0.465. The number of fused-ring (bicyclic) bond motifs is 3. The van der Waals surface area contributed by atoms with E-state index in [4.69, 9.17) is 16.3 Å². The molecule has 0 radical (unpaired) electrons. The van der Waals surface area contributed by atoms with Gasteiger partial charge in [-0.15, -0.1) is 10.2 Å². The molecule has 7 heteroatoms. The van der Waals surface area contributed by atoms with Crippen LogP contribution >= 0.6 is 23.4 Å². The molecule has 3 aromatic rings. The lowest BCUT2D eigenvalue weighted by Crippen LogP contribution is -2.17. The van der Waals surface area contributed by atoms with Crippen molar-refractivity contribution in [3.05, 3.63) is 59.1 Å². The van der Waals surface area contributed by atoms with Crippen LogP contribution in [-0.4, -0.2) is 20.9 Å². The molecule has 4 rings (SSSR count). The fraction of sp³-hybridized carbons (Fsp3) is 0.167. The molecule has 126 valence electrons. The Morgan fingerprint density at radius 1 is 1.12 bits per heavy atom. The Bertz CT molecular complexity index is 921. The fourth-order valence-corrected chi connectivity index (χ4v) is 3.41. The van der Waals surface area contributed by atoms with Crippen LogP contribution < -0.4 is 10.1 Å². The molecule has 0 unspecified atom stereocenters. The lowest BCUT2D eigenvalue weighted by Gasteiger charge is -2.20. The molecule has 0 fully saturated rings. The van der Waals surface area contributed by atoms with Gasteiger partial charge in [-0.2, -0.15) is 4.98 Å². The van der Waals surface area contributed by atoms with Gasteiger partial charge in [0.1, 0.15) is 0 Å². The van der Waals surface area contributed by atoms with E-state index in [-0.39, 0.29) is 0 Å². The molecule has 1 aliphatic heterocycles. The van der Waals surface area contributed by atoms with Gasteiger partial charge in [-0.3, -0.25) is 0 Å². The summed E-state index contributed by atoms with van der Waals surface area (Å²) in [6.07, 6.45) is -0.465. The number of aromatic nitrogens is 3. The highest BCUT2D eigenvalue weighted by molar-refractivity contribution is 7.99. The summed E-state index contributed by atoms with van der Waals surface area (Å²) < 4.78 is 6.17. The van der Waals surface area contributed by atoms with Gasteiger partial charge in [0.25, 0.3) is 0 Å². The molecule has 0 bridgehead atoms. The zero-order valence-electron chi connectivity index (χ0n) is 13.4. The van der Waals surface area contributed by atoms with Crippen molar-refractivity contribution in [2.75, 3.05) is 11.1 Å². The van der Waals surface area contributed by atoms with Crippen LogP contribution in [0.3, 0.4) is 0 Å². The third-order valence-electron chi connectivity index (χ3n) is 3.79. The van der Waals surface area contributed by atoms with E-state index >= 15 is 0 Å². The van der Waals surface area contributed by atoms with Crippen molar-refractivity contribution in [1.29, 1.82) is 0 Å². The summed E-state index contributed by atoms with van der Waals surface area (Å²) in [4.78, 5) is 4.55. The van der Waals surface area contributed by atoms with Gasteiger partial charge in [-0.1, -0.05) is 66.7 Å². The molecule has 25 heavy (non-hydrogen) atoms. The second-order valence-corrected chi connectivity index (χ2v) is 7.03. The minimum absolute atomic E-state index is 0.452. The summed E-state index contributed by atoms with van der Waals surface area (Å²) in [5, 5.41) is 13.2. The molecular formula is C18H15ClN4OS. The van der Waals surface area contributed by atoms with Crippen molar-refractivity contribution >= 4 is 29.1 Å². The second kappa shape index (κ2) is 6.90. The van der Waals surface area contributed by atoms with Crippen LogP contribution in [0.2, 0.25) is 5.02 Å². The zero-order chi connectivity index (χ0) is 17.2. The molecule has 0 spiro atoms. The average molecular weight is 371 g/mol. The van der Waals surface area contributed by atoms with E-state index in [0.717, 1.165) is 22.6 Å². The van der Waals surface area contributed by atoms with Crippen LogP contribution in [0.4, 0.5) is 5.69 Å². The second-order valence-electron chi connectivity index (χ2n) is 5.39. The number of anilines is 1. The maximum absolute atomic E-state index is 6.37. The monoisotopic (exact) mass is 370 g/mol. The molecule has 1 N–H and O–H groups in total. The number of halogens is 1. The number of para-hydroxylation sites is 1. The van der Waals surface area contributed by atoms with E-state index in [2.05, 4.69) is 20.5 Å². The molecule has 0 amide bonds.